The van der Waals surface area contributed by atoms with Gasteiger partial charge in [0.25, 0.3) is 5.69 Å². The second-order valence-corrected chi connectivity index (χ2v) is 8.75. The van der Waals surface area contributed by atoms with E-state index < -0.39 is 40.7 Å². The van der Waals surface area contributed by atoms with Gasteiger partial charge < -0.3 is 23.7 Å². The Morgan fingerprint density at radius 3 is 2.45 bits per heavy atom. The molecule has 170 valence electrons. The van der Waals surface area contributed by atoms with Crippen molar-refractivity contribution in [2.45, 2.75) is 64.3 Å². The van der Waals surface area contributed by atoms with Crippen molar-refractivity contribution in [3.63, 3.8) is 0 Å². The molecule has 1 aromatic rings. The van der Waals surface area contributed by atoms with E-state index in [0.29, 0.717) is 0 Å². The van der Waals surface area contributed by atoms with Crippen molar-refractivity contribution in [2.24, 2.45) is 0 Å². The Morgan fingerprint density at radius 2 is 1.87 bits per heavy atom. The molecular weight excluding hydrogens is 412 g/mol. The second kappa shape index (κ2) is 8.31. The van der Waals surface area contributed by atoms with Crippen LogP contribution in [-0.4, -0.2) is 64.9 Å². The molecule has 0 radical (unpaired) electrons. The summed E-state index contributed by atoms with van der Waals surface area (Å²) in [5.74, 6) is -0.738. The van der Waals surface area contributed by atoms with Crippen LogP contribution in [0.2, 0.25) is 0 Å². The molecule has 0 spiro atoms. The molecule has 11 nitrogen and oxygen atoms in total. The van der Waals surface area contributed by atoms with Gasteiger partial charge in [0.05, 0.1) is 17.5 Å². The summed E-state index contributed by atoms with van der Waals surface area (Å²) in [6, 6.07) is 4.36. The third kappa shape index (κ3) is 5.61. The van der Waals surface area contributed by atoms with E-state index >= 15 is 0 Å². The highest BCUT2D eigenvalue weighted by Gasteiger charge is 2.55. The van der Waals surface area contributed by atoms with Crippen molar-refractivity contribution in [1.29, 1.82) is 0 Å². The molecule has 2 saturated heterocycles. The molecule has 0 aliphatic carbocycles. The molecular formula is C20H26N2O9. The summed E-state index contributed by atoms with van der Waals surface area (Å²) in [7, 11) is 0. The molecule has 31 heavy (non-hydrogen) atoms. The Morgan fingerprint density at radius 1 is 1.23 bits per heavy atom. The van der Waals surface area contributed by atoms with Crippen molar-refractivity contribution in [3.8, 4) is 5.75 Å². The molecule has 2 heterocycles. The van der Waals surface area contributed by atoms with Gasteiger partial charge in [0.1, 0.15) is 30.2 Å². The summed E-state index contributed by atoms with van der Waals surface area (Å²) in [5.41, 5.74) is -0.831. The number of ether oxygens (including phenoxy) is 5. The van der Waals surface area contributed by atoms with Crippen molar-refractivity contribution < 1.29 is 38.2 Å². The van der Waals surface area contributed by atoms with Gasteiger partial charge in [-0.15, -0.1) is 0 Å². The molecule has 3 rings (SSSR count). The highest BCUT2D eigenvalue weighted by Crippen LogP contribution is 2.37. The van der Waals surface area contributed by atoms with Crippen LogP contribution in [0.3, 0.4) is 0 Å². The van der Waals surface area contributed by atoms with Crippen LogP contribution in [0, 0.1) is 10.1 Å². The Balaban J connectivity index is 1.64. The number of carbonyl (C=O) groups excluding carboxylic acids is 2. The van der Waals surface area contributed by atoms with E-state index in [9.17, 15) is 19.7 Å². The van der Waals surface area contributed by atoms with Gasteiger partial charge in [0, 0.05) is 12.1 Å². The molecule has 11 heteroatoms. The molecule has 0 bridgehead atoms. The number of amides is 1. The number of non-ortho nitro benzene ring substituents is 1. The summed E-state index contributed by atoms with van der Waals surface area (Å²) >= 11 is 0. The van der Waals surface area contributed by atoms with E-state index in [1.165, 1.54) is 29.2 Å². The predicted octanol–water partition coefficient (Wildman–Crippen LogP) is 3.25. The van der Waals surface area contributed by atoms with E-state index in [-0.39, 0.29) is 30.7 Å². The highest BCUT2D eigenvalue weighted by molar-refractivity contribution is 5.69. The summed E-state index contributed by atoms with van der Waals surface area (Å²) in [6.07, 6.45) is -2.47. The number of benzene rings is 1. The first kappa shape index (κ1) is 22.8. The highest BCUT2D eigenvalue weighted by atomic mass is 16.8. The molecule has 0 unspecified atom stereocenters. The van der Waals surface area contributed by atoms with Crippen LogP contribution in [0.1, 0.15) is 34.6 Å². The van der Waals surface area contributed by atoms with Crippen LogP contribution >= 0.6 is 0 Å². The number of hydrogen-bond donors (Lipinski definition) is 0. The van der Waals surface area contributed by atoms with Gasteiger partial charge in [-0.1, -0.05) is 0 Å². The zero-order chi connectivity index (χ0) is 23.0. The van der Waals surface area contributed by atoms with Crippen LogP contribution in [0.25, 0.3) is 0 Å². The standard InChI is InChI=1S/C20H26N2O9/c1-19(2,3)31-17(23)21-10-15-16(30-20(4,5)29-15)14(21)11-27-18(24)28-13-8-6-12(7-9-13)22(25)26/h6-9,14-16H,10-11H2,1-5H3/t14-,15+,16-/m1/s1. The maximum Gasteiger partial charge on any atom is 0.513 e. The summed E-state index contributed by atoms with van der Waals surface area (Å²) in [5, 5.41) is 10.7. The first-order chi connectivity index (χ1) is 14.3. The van der Waals surface area contributed by atoms with Crippen LogP contribution in [-0.2, 0) is 18.9 Å². The zero-order valence-electron chi connectivity index (χ0n) is 18.0. The predicted molar refractivity (Wildman–Crippen MR) is 106 cm³/mol. The number of fused-ring (bicyclic) bond motifs is 1. The molecule has 0 aromatic heterocycles. The van der Waals surface area contributed by atoms with Gasteiger partial charge >= 0.3 is 12.2 Å². The number of nitro benzene ring substituents is 1. The minimum Gasteiger partial charge on any atom is -0.444 e. The fourth-order valence-corrected chi connectivity index (χ4v) is 3.47. The van der Waals surface area contributed by atoms with Gasteiger partial charge in [-0.25, -0.2) is 9.59 Å². The van der Waals surface area contributed by atoms with Crippen LogP contribution in [0.15, 0.2) is 24.3 Å². The molecule has 2 aliphatic rings. The summed E-state index contributed by atoms with van der Waals surface area (Å²) in [6.45, 7) is 8.83. The molecule has 0 N–H and O–H groups in total. The van der Waals surface area contributed by atoms with Crippen molar-refractivity contribution in [2.75, 3.05) is 13.2 Å². The molecule has 1 aromatic carbocycles. The first-order valence-corrected chi connectivity index (χ1v) is 9.79. The number of rotatable bonds is 4. The van der Waals surface area contributed by atoms with Crippen molar-refractivity contribution in [1.82, 2.24) is 4.90 Å². The SMILES string of the molecule is CC(C)(C)OC(=O)N1C[C@@H]2OC(C)(C)O[C@@H]2[C@H]1COC(=O)Oc1ccc([N+](=O)[O-])cc1. The minimum absolute atomic E-state index is 0.0884. The lowest BCUT2D eigenvalue weighted by Crippen LogP contribution is -2.47. The van der Waals surface area contributed by atoms with Gasteiger partial charge in [-0.05, 0) is 46.8 Å². The van der Waals surface area contributed by atoms with Crippen molar-refractivity contribution >= 4 is 17.9 Å². The summed E-state index contributed by atoms with van der Waals surface area (Å²) < 4.78 is 27.5. The van der Waals surface area contributed by atoms with Gasteiger partial charge in [-0.2, -0.15) is 0 Å². The second-order valence-electron chi connectivity index (χ2n) is 8.75. The van der Waals surface area contributed by atoms with E-state index in [2.05, 4.69) is 0 Å². The van der Waals surface area contributed by atoms with Gasteiger partial charge in [-0.3, -0.25) is 15.0 Å². The number of nitrogens with zero attached hydrogens (tertiary/aromatic N) is 2. The number of nitro groups is 1. The molecule has 3 atom stereocenters. The largest absolute Gasteiger partial charge is 0.513 e. The average Bonchev–Trinajstić information content (AvgIpc) is 3.11. The quantitative estimate of drug-likeness (QED) is 0.301. The van der Waals surface area contributed by atoms with Crippen molar-refractivity contribution in [3.05, 3.63) is 34.4 Å². The lowest BCUT2D eigenvalue weighted by molar-refractivity contribution is -0.384. The number of hydrogen-bond acceptors (Lipinski definition) is 9. The van der Waals surface area contributed by atoms with E-state index in [1.54, 1.807) is 34.6 Å². The topological polar surface area (TPSA) is 127 Å². The monoisotopic (exact) mass is 438 g/mol. The van der Waals surface area contributed by atoms with Crippen LogP contribution in [0.5, 0.6) is 5.75 Å². The van der Waals surface area contributed by atoms with E-state index in [0.717, 1.165) is 0 Å². The zero-order valence-corrected chi connectivity index (χ0v) is 18.0. The van der Waals surface area contributed by atoms with Gasteiger partial charge in [0.15, 0.2) is 5.79 Å². The van der Waals surface area contributed by atoms with E-state index in [4.69, 9.17) is 23.7 Å². The lowest BCUT2D eigenvalue weighted by atomic mass is 10.1. The maximum atomic E-state index is 12.7. The third-order valence-corrected chi connectivity index (χ3v) is 4.63. The molecule has 2 aliphatic heterocycles. The number of likely N-dealkylation sites (tertiary alicyclic amines) is 1. The minimum atomic E-state index is -1.01. The average molecular weight is 438 g/mol. The fourth-order valence-electron chi connectivity index (χ4n) is 3.47. The Bertz CT molecular complexity index is 847. The summed E-state index contributed by atoms with van der Waals surface area (Å²) in [4.78, 5) is 36.3. The maximum absolute atomic E-state index is 12.7. The molecule has 0 saturated carbocycles. The van der Waals surface area contributed by atoms with Crippen LogP contribution < -0.4 is 4.74 Å². The third-order valence-electron chi connectivity index (χ3n) is 4.63. The van der Waals surface area contributed by atoms with Gasteiger partial charge in [0.2, 0.25) is 0 Å². The molecule has 2 fully saturated rings. The Hall–Kier alpha value is -2.92. The normalized spacial score (nSPS) is 24.4. The smallest absolute Gasteiger partial charge is 0.444 e. The fraction of sp³-hybridized carbons (Fsp3) is 0.600. The number of carbonyl (C=O) groups is 2. The Labute approximate surface area is 179 Å². The molecule has 1 amide bonds. The Kier molecular flexibility index (Phi) is 6.10. The van der Waals surface area contributed by atoms with Crippen LogP contribution in [0.4, 0.5) is 15.3 Å². The lowest BCUT2D eigenvalue weighted by Gasteiger charge is -2.31. The van der Waals surface area contributed by atoms with E-state index in [1.807, 2.05) is 0 Å². The first-order valence-electron chi connectivity index (χ1n) is 9.79.